The van der Waals surface area contributed by atoms with Gasteiger partial charge >= 0.3 is 0 Å². The van der Waals surface area contributed by atoms with Gasteiger partial charge in [-0.05, 0) is 30.9 Å². The number of pyridine rings is 1. The van der Waals surface area contributed by atoms with Crippen LogP contribution in [0.1, 0.15) is 32.4 Å². The van der Waals surface area contributed by atoms with Crippen molar-refractivity contribution < 1.29 is 4.79 Å². The van der Waals surface area contributed by atoms with Crippen LogP contribution in [-0.4, -0.2) is 17.4 Å². The Balaban J connectivity index is 2.10. The van der Waals surface area contributed by atoms with Crippen LogP contribution in [0.5, 0.6) is 0 Å². The Morgan fingerprint density at radius 3 is 2.88 bits per heavy atom. The second-order valence-corrected chi connectivity index (χ2v) is 4.37. The van der Waals surface area contributed by atoms with Crippen molar-refractivity contribution in [2.24, 2.45) is 5.92 Å². The van der Waals surface area contributed by atoms with Crippen LogP contribution < -0.4 is 5.32 Å². The maximum atomic E-state index is 11.3. The molecule has 1 amide bonds. The maximum absolute atomic E-state index is 11.3. The Hall–Kier alpha value is -1.38. The number of amides is 1. The van der Waals surface area contributed by atoms with Gasteiger partial charge in [0.15, 0.2) is 0 Å². The molecule has 1 rings (SSSR count). The summed E-state index contributed by atoms with van der Waals surface area (Å²) in [6, 6.07) is 5.91. The van der Waals surface area contributed by atoms with Gasteiger partial charge in [-0.1, -0.05) is 19.9 Å². The Morgan fingerprint density at radius 1 is 1.44 bits per heavy atom. The minimum Gasteiger partial charge on any atom is -0.356 e. The van der Waals surface area contributed by atoms with E-state index in [4.69, 9.17) is 0 Å². The summed E-state index contributed by atoms with van der Waals surface area (Å²) in [5.41, 5.74) is 1.08. The minimum atomic E-state index is 0.149. The van der Waals surface area contributed by atoms with Gasteiger partial charge in [0.1, 0.15) is 0 Å². The van der Waals surface area contributed by atoms with Gasteiger partial charge in [0.25, 0.3) is 0 Å². The highest BCUT2D eigenvalue weighted by atomic mass is 16.1. The molecule has 1 heterocycles. The van der Waals surface area contributed by atoms with E-state index in [1.54, 1.807) is 6.20 Å². The number of aryl methyl sites for hydroxylation is 1. The van der Waals surface area contributed by atoms with Crippen molar-refractivity contribution in [3.8, 4) is 0 Å². The van der Waals surface area contributed by atoms with Crippen molar-refractivity contribution in [1.29, 1.82) is 0 Å². The van der Waals surface area contributed by atoms with Crippen molar-refractivity contribution in [2.45, 2.75) is 33.1 Å². The maximum Gasteiger partial charge on any atom is 0.220 e. The lowest BCUT2D eigenvalue weighted by atomic mass is 10.1. The minimum absolute atomic E-state index is 0.149. The van der Waals surface area contributed by atoms with Crippen LogP contribution in [0.2, 0.25) is 0 Å². The molecule has 1 aromatic heterocycles. The van der Waals surface area contributed by atoms with Crippen LogP contribution in [0.3, 0.4) is 0 Å². The van der Waals surface area contributed by atoms with Crippen LogP contribution in [0, 0.1) is 5.92 Å². The summed E-state index contributed by atoms with van der Waals surface area (Å²) in [5.74, 6) is 0.576. The molecule has 3 heteroatoms. The van der Waals surface area contributed by atoms with Crippen molar-refractivity contribution in [3.63, 3.8) is 0 Å². The zero-order valence-electron chi connectivity index (χ0n) is 10.1. The molecule has 0 aliphatic carbocycles. The monoisotopic (exact) mass is 220 g/mol. The third-order valence-electron chi connectivity index (χ3n) is 2.25. The van der Waals surface area contributed by atoms with Crippen LogP contribution in [0.25, 0.3) is 0 Å². The average molecular weight is 220 g/mol. The lowest BCUT2D eigenvalue weighted by molar-refractivity contribution is -0.121. The molecule has 0 radical (unpaired) electrons. The van der Waals surface area contributed by atoms with Crippen LogP contribution in [0.4, 0.5) is 0 Å². The van der Waals surface area contributed by atoms with Gasteiger partial charge in [-0.25, -0.2) is 0 Å². The van der Waals surface area contributed by atoms with E-state index in [-0.39, 0.29) is 5.91 Å². The molecule has 0 saturated heterocycles. The molecular formula is C13H20N2O. The molecule has 3 nitrogen and oxygen atoms in total. The van der Waals surface area contributed by atoms with Gasteiger partial charge in [0.05, 0.1) is 0 Å². The number of carbonyl (C=O) groups excluding carboxylic acids is 1. The van der Waals surface area contributed by atoms with E-state index < -0.39 is 0 Å². The SMILES string of the molecule is CC(C)CC(=O)NCCCc1ccccn1. The Labute approximate surface area is 97.3 Å². The van der Waals surface area contributed by atoms with Crippen molar-refractivity contribution in [1.82, 2.24) is 10.3 Å². The largest absolute Gasteiger partial charge is 0.356 e. The molecule has 0 aromatic carbocycles. The molecule has 1 aromatic rings. The summed E-state index contributed by atoms with van der Waals surface area (Å²) in [6.45, 7) is 4.84. The van der Waals surface area contributed by atoms with Crippen molar-refractivity contribution in [2.75, 3.05) is 6.54 Å². The van der Waals surface area contributed by atoms with E-state index in [1.165, 1.54) is 0 Å². The molecule has 16 heavy (non-hydrogen) atoms. The van der Waals surface area contributed by atoms with Gasteiger partial charge in [0.2, 0.25) is 5.91 Å². The van der Waals surface area contributed by atoms with E-state index in [0.717, 1.165) is 25.1 Å². The Morgan fingerprint density at radius 2 is 2.25 bits per heavy atom. The number of nitrogens with one attached hydrogen (secondary N) is 1. The van der Waals surface area contributed by atoms with Gasteiger partial charge in [-0.3, -0.25) is 9.78 Å². The van der Waals surface area contributed by atoms with Gasteiger partial charge < -0.3 is 5.32 Å². The Kier molecular flexibility index (Phi) is 5.54. The number of hydrogen-bond donors (Lipinski definition) is 1. The molecule has 0 fully saturated rings. The third-order valence-corrected chi connectivity index (χ3v) is 2.25. The number of aromatic nitrogens is 1. The first-order valence-electron chi connectivity index (χ1n) is 5.85. The van der Waals surface area contributed by atoms with Crippen molar-refractivity contribution >= 4 is 5.91 Å². The first kappa shape index (κ1) is 12.7. The summed E-state index contributed by atoms with van der Waals surface area (Å²) >= 11 is 0. The van der Waals surface area contributed by atoms with Crippen LogP contribution in [-0.2, 0) is 11.2 Å². The zero-order valence-corrected chi connectivity index (χ0v) is 10.1. The molecule has 0 aliphatic heterocycles. The second kappa shape index (κ2) is 6.99. The van der Waals surface area contributed by atoms with Crippen LogP contribution >= 0.6 is 0 Å². The molecule has 0 saturated carbocycles. The lowest BCUT2D eigenvalue weighted by Gasteiger charge is -2.06. The molecular weight excluding hydrogens is 200 g/mol. The first-order valence-corrected chi connectivity index (χ1v) is 5.85. The highest BCUT2D eigenvalue weighted by Gasteiger charge is 2.03. The zero-order chi connectivity index (χ0) is 11.8. The highest BCUT2D eigenvalue weighted by Crippen LogP contribution is 1.99. The van der Waals surface area contributed by atoms with Crippen LogP contribution in [0.15, 0.2) is 24.4 Å². The van der Waals surface area contributed by atoms with E-state index in [9.17, 15) is 4.79 Å². The molecule has 0 aliphatic rings. The van der Waals surface area contributed by atoms with E-state index in [0.29, 0.717) is 12.3 Å². The first-order chi connectivity index (χ1) is 7.68. The standard InChI is InChI=1S/C13H20N2O/c1-11(2)10-13(16)15-9-5-7-12-6-3-4-8-14-12/h3-4,6,8,11H,5,7,9-10H2,1-2H3,(H,15,16). The van der Waals surface area contributed by atoms with E-state index in [1.807, 2.05) is 32.0 Å². The fourth-order valence-corrected chi connectivity index (χ4v) is 1.49. The summed E-state index contributed by atoms with van der Waals surface area (Å²) in [4.78, 5) is 15.6. The second-order valence-electron chi connectivity index (χ2n) is 4.37. The van der Waals surface area contributed by atoms with Gasteiger partial charge in [-0.15, -0.1) is 0 Å². The topological polar surface area (TPSA) is 42.0 Å². The molecule has 0 atom stereocenters. The molecule has 0 spiro atoms. The number of hydrogen-bond acceptors (Lipinski definition) is 2. The van der Waals surface area contributed by atoms with E-state index >= 15 is 0 Å². The summed E-state index contributed by atoms with van der Waals surface area (Å²) in [5, 5.41) is 2.92. The normalized spacial score (nSPS) is 10.4. The van der Waals surface area contributed by atoms with Crippen molar-refractivity contribution in [3.05, 3.63) is 30.1 Å². The van der Waals surface area contributed by atoms with Gasteiger partial charge in [0, 0.05) is 24.9 Å². The molecule has 88 valence electrons. The fraction of sp³-hybridized carbons (Fsp3) is 0.538. The average Bonchev–Trinajstić information content (AvgIpc) is 2.25. The number of rotatable bonds is 6. The number of nitrogens with zero attached hydrogens (tertiary/aromatic N) is 1. The molecule has 0 bridgehead atoms. The lowest BCUT2D eigenvalue weighted by Crippen LogP contribution is -2.25. The fourth-order valence-electron chi connectivity index (χ4n) is 1.49. The number of carbonyl (C=O) groups is 1. The molecule has 1 N–H and O–H groups in total. The molecule has 0 unspecified atom stereocenters. The summed E-state index contributed by atoms with van der Waals surface area (Å²) < 4.78 is 0. The van der Waals surface area contributed by atoms with Gasteiger partial charge in [-0.2, -0.15) is 0 Å². The van der Waals surface area contributed by atoms with E-state index in [2.05, 4.69) is 10.3 Å². The predicted molar refractivity (Wildman–Crippen MR) is 65.0 cm³/mol. The quantitative estimate of drug-likeness (QED) is 0.747. The third kappa shape index (κ3) is 5.49. The summed E-state index contributed by atoms with van der Waals surface area (Å²) in [7, 11) is 0. The Bertz CT molecular complexity index is 309. The predicted octanol–water partition coefficient (Wildman–Crippen LogP) is 2.18. The smallest absolute Gasteiger partial charge is 0.220 e. The highest BCUT2D eigenvalue weighted by molar-refractivity contribution is 5.75. The summed E-state index contributed by atoms with van der Waals surface area (Å²) in [6.07, 6.45) is 4.28.